The van der Waals surface area contributed by atoms with Gasteiger partial charge < -0.3 is 5.11 Å². The van der Waals surface area contributed by atoms with Gasteiger partial charge in [-0.15, -0.1) is 0 Å². The summed E-state index contributed by atoms with van der Waals surface area (Å²) in [6, 6.07) is 3.99. The summed E-state index contributed by atoms with van der Waals surface area (Å²) in [6.45, 7) is 0. The highest BCUT2D eigenvalue weighted by molar-refractivity contribution is 7.84. The molecule has 1 saturated carbocycles. The van der Waals surface area contributed by atoms with Crippen LogP contribution in [-0.4, -0.2) is 21.0 Å². The van der Waals surface area contributed by atoms with Crippen molar-refractivity contribution in [1.29, 1.82) is 0 Å². The summed E-state index contributed by atoms with van der Waals surface area (Å²) in [7, 11) is -1.18. The van der Waals surface area contributed by atoms with Gasteiger partial charge in [-0.2, -0.15) is 0 Å². The highest BCUT2D eigenvalue weighted by atomic mass is 35.5. The van der Waals surface area contributed by atoms with Crippen molar-refractivity contribution in [1.82, 2.24) is 0 Å². The zero-order chi connectivity index (χ0) is 14.0. The van der Waals surface area contributed by atoms with E-state index in [2.05, 4.69) is 0 Å². The van der Waals surface area contributed by atoms with Crippen molar-refractivity contribution in [3.8, 4) is 0 Å². The number of hydrogen-bond donors (Lipinski definition) is 1. The van der Waals surface area contributed by atoms with Crippen LogP contribution >= 0.6 is 11.6 Å². The fourth-order valence-corrected chi connectivity index (χ4v) is 4.16. The first-order valence-corrected chi connectivity index (χ1v) is 7.78. The van der Waals surface area contributed by atoms with Crippen molar-refractivity contribution < 1.29 is 18.5 Å². The molecule has 19 heavy (non-hydrogen) atoms. The van der Waals surface area contributed by atoms with E-state index < -0.39 is 22.6 Å². The van der Waals surface area contributed by atoms with Gasteiger partial charge in [0.15, 0.2) is 0 Å². The predicted molar refractivity (Wildman–Crippen MR) is 72.0 cm³/mol. The molecule has 1 aromatic carbocycles. The Balaban J connectivity index is 1.96. The molecule has 0 aliphatic heterocycles. The van der Waals surface area contributed by atoms with Gasteiger partial charge in [0.05, 0.1) is 12.2 Å². The van der Waals surface area contributed by atoms with Gasteiger partial charge in [-0.25, -0.2) is 4.39 Å². The summed E-state index contributed by atoms with van der Waals surface area (Å²) in [6.07, 6.45) is 1.68. The van der Waals surface area contributed by atoms with E-state index in [1.807, 2.05) is 0 Å². The molecule has 0 saturated heterocycles. The molecule has 0 radical (unpaired) electrons. The number of aliphatic carboxylic acids is 1. The number of carboxylic acid groups (broad SMARTS) is 1. The minimum Gasteiger partial charge on any atom is -0.481 e. The maximum Gasteiger partial charge on any atom is 0.303 e. The monoisotopic (exact) mass is 304 g/mol. The van der Waals surface area contributed by atoms with Crippen LogP contribution in [0.4, 0.5) is 4.39 Å². The molecule has 1 N–H and O–H groups in total. The Kier molecular flexibility index (Phi) is 4.26. The Bertz CT molecular complexity index is 529. The van der Waals surface area contributed by atoms with Crippen LogP contribution in [0.2, 0.25) is 5.02 Å². The van der Waals surface area contributed by atoms with Crippen LogP contribution in [0, 0.1) is 11.2 Å². The number of halogens is 2. The molecule has 6 heteroatoms. The summed E-state index contributed by atoms with van der Waals surface area (Å²) >= 11 is 5.88. The van der Waals surface area contributed by atoms with Crippen LogP contribution in [0.5, 0.6) is 0 Å². The van der Waals surface area contributed by atoms with Gasteiger partial charge in [-0.05, 0) is 36.0 Å². The third-order valence-electron chi connectivity index (χ3n) is 3.28. The molecule has 1 fully saturated rings. The zero-order valence-electron chi connectivity index (χ0n) is 10.2. The fourth-order valence-electron chi connectivity index (χ4n) is 2.07. The van der Waals surface area contributed by atoms with E-state index in [9.17, 15) is 13.4 Å². The second kappa shape index (κ2) is 5.59. The first-order valence-electron chi connectivity index (χ1n) is 5.91. The lowest BCUT2D eigenvalue weighted by atomic mass is 10.1. The molecule has 0 bridgehead atoms. The first kappa shape index (κ1) is 14.5. The fraction of sp³-hybridized carbons (Fsp3) is 0.462. The number of rotatable bonds is 6. The molecule has 104 valence electrons. The normalized spacial score (nSPS) is 18.0. The SMILES string of the molecule is O=C(O)CC1(CS(=O)Cc2ccc(F)cc2Cl)CC1. The van der Waals surface area contributed by atoms with Gasteiger partial charge in [-0.1, -0.05) is 17.7 Å². The van der Waals surface area contributed by atoms with Crippen LogP contribution in [0.15, 0.2) is 18.2 Å². The molecule has 1 unspecified atom stereocenters. The van der Waals surface area contributed by atoms with E-state index in [0.717, 1.165) is 12.8 Å². The first-order chi connectivity index (χ1) is 8.90. The Hall–Kier alpha value is -0.940. The van der Waals surface area contributed by atoms with Gasteiger partial charge in [0.1, 0.15) is 5.82 Å². The topological polar surface area (TPSA) is 54.4 Å². The second-order valence-corrected chi connectivity index (χ2v) is 6.90. The quantitative estimate of drug-likeness (QED) is 0.879. The van der Waals surface area contributed by atoms with E-state index >= 15 is 0 Å². The minimum atomic E-state index is -1.18. The third-order valence-corrected chi connectivity index (χ3v) is 5.20. The molecule has 1 aliphatic rings. The third kappa shape index (κ3) is 4.01. The maximum absolute atomic E-state index is 12.9. The summed E-state index contributed by atoms with van der Waals surface area (Å²) in [5, 5.41) is 9.07. The van der Waals surface area contributed by atoms with Gasteiger partial charge in [-0.3, -0.25) is 9.00 Å². The molecule has 0 heterocycles. The van der Waals surface area contributed by atoms with Gasteiger partial charge >= 0.3 is 5.97 Å². The molecule has 1 aromatic rings. The minimum absolute atomic E-state index is 0.0654. The standard InChI is InChI=1S/C13H14ClFO3S/c14-11-5-10(15)2-1-9(11)7-19(18)8-13(3-4-13)6-12(16)17/h1-2,5H,3-4,6-8H2,(H,16,17). The van der Waals surface area contributed by atoms with Crippen molar-refractivity contribution in [2.75, 3.05) is 5.75 Å². The number of carboxylic acids is 1. The van der Waals surface area contributed by atoms with Crippen molar-refractivity contribution in [2.45, 2.75) is 25.0 Å². The molecule has 1 aliphatic carbocycles. The molecule has 0 spiro atoms. The molecular weight excluding hydrogens is 291 g/mol. The van der Waals surface area contributed by atoms with Crippen LogP contribution in [0.3, 0.4) is 0 Å². The van der Waals surface area contributed by atoms with Crippen LogP contribution in [0.25, 0.3) is 0 Å². The average Bonchev–Trinajstić information content (AvgIpc) is 3.00. The number of benzene rings is 1. The molecule has 1 atom stereocenters. The second-order valence-electron chi connectivity index (χ2n) is 5.03. The van der Waals surface area contributed by atoms with Gasteiger partial charge in [0.25, 0.3) is 0 Å². The molecule has 3 nitrogen and oxygen atoms in total. The largest absolute Gasteiger partial charge is 0.481 e. The van der Waals surface area contributed by atoms with Crippen LogP contribution in [-0.2, 0) is 21.3 Å². The van der Waals surface area contributed by atoms with E-state index in [0.29, 0.717) is 11.3 Å². The average molecular weight is 305 g/mol. The molecule has 0 amide bonds. The molecule has 0 aromatic heterocycles. The number of carbonyl (C=O) groups is 1. The van der Waals surface area contributed by atoms with Gasteiger partial charge in [0.2, 0.25) is 0 Å². The molecule has 2 rings (SSSR count). The lowest BCUT2D eigenvalue weighted by molar-refractivity contribution is -0.138. The van der Waals surface area contributed by atoms with Crippen LogP contribution < -0.4 is 0 Å². The Morgan fingerprint density at radius 2 is 2.16 bits per heavy atom. The Morgan fingerprint density at radius 1 is 1.47 bits per heavy atom. The highest BCUT2D eigenvalue weighted by Crippen LogP contribution is 2.49. The lowest BCUT2D eigenvalue weighted by Crippen LogP contribution is -2.17. The Labute approximate surface area is 118 Å². The van der Waals surface area contributed by atoms with E-state index in [1.54, 1.807) is 0 Å². The highest BCUT2D eigenvalue weighted by Gasteiger charge is 2.45. The summed E-state index contributed by atoms with van der Waals surface area (Å²) < 4.78 is 24.9. The summed E-state index contributed by atoms with van der Waals surface area (Å²) in [5.41, 5.74) is 0.330. The smallest absolute Gasteiger partial charge is 0.303 e. The van der Waals surface area contributed by atoms with Crippen LogP contribution in [0.1, 0.15) is 24.8 Å². The van der Waals surface area contributed by atoms with Crippen molar-refractivity contribution >= 4 is 28.4 Å². The van der Waals surface area contributed by atoms with Crippen molar-refractivity contribution in [3.63, 3.8) is 0 Å². The molecular formula is C13H14ClFO3S. The van der Waals surface area contributed by atoms with Crippen molar-refractivity contribution in [2.24, 2.45) is 5.41 Å². The van der Waals surface area contributed by atoms with Gasteiger partial charge in [0, 0.05) is 21.6 Å². The Morgan fingerprint density at radius 3 is 2.68 bits per heavy atom. The summed E-state index contributed by atoms with van der Waals surface area (Å²) in [4.78, 5) is 10.7. The van der Waals surface area contributed by atoms with E-state index in [4.69, 9.17) is 16.7 Å². The van der Waals surface area contributed by atoms with Crippen molar-refractivity contribution in [3.05, 3.63) is 34.6 Å². The zero-order valence-corrected chi connectivity index (χ0v) is 11.8. The van der Waals surface area contributed by atoms with E-state index in [-0.39, 0.29) is 22.6 Å². The lowest BCUT2D eigenvalue weighted by Gasteiger charge is -2.12. The predicted octanol–water partition coefficient (Wildman–Crippen LogP) is 2.98. The van der Waals surface area contributed by atoms with E-state index in [1.165, 1.54) is 18.2 Å². The number of hydrogen-bond acceptors (Lipinski definition) is 2. The maximum atomic E-state index is 12.9. The summed E-state index contributed by atoms with van der Waals surface area (Å²) in [5.74, 6) is -0.675.